The number of nitrogens with zero attached hydrogens (tertiary/aromatic N) is 2. The van der Waals surface area contributed by atoms with E-state index in [0.29, 0.717) is 10.2 Å². The van der Waals surface area contributed by atoms with Gasteiger partial charge in [0.05, 0.1) is 24.7 Å². The van der Waals surface area contributed by atoms with Crippen molar-refractivity contribution < 1.29 is 19.6 Å². The number of carbonyl (C=O) groups excluding carboxylic acids is 1. The van der Waals surface area contributed by atoms with Crippen LogP contribution in [0.1, 0.15) is 11.1 Å². The number of hydrogen-bond acceptors (Lipinski definition) is 6. The molecule has 9 heteroatoms. The van der Waals surface area contributed by atoms with Crippen LogP contribution in [-0.2, 0) is 11.2 Å². The summed E-state index contributed by atoms with van der Waals surface area (Å²) in [6.07, 6.45) is 1.22. The topological polar surface area (TPSA) is 114 Å². The van der Waals surface area contributed by atoms with Gasteiger partial charge in [-0.3, -0.25) is 14.9 Å². The van der Waals surface area contributed by atoms with Crippen molar-refractivity contribution >= 4 is 33.7 Å². The van der Waals surface area contributed by atoms with E-state index in [1.165, 1.54) is 19.2 Å². The van der Waals surface area contributed by atoms with E-state index in [1.54, 1.807) is 24.3 Å². The van der Waals surface area contributed by atoms with Gasteiger partial charge in [0.25, 0.3) is 0 Å². The van der Waals surface area contributed by atoms with Crippen LogP contribution in [0.4, 0.5) is 5.69 Å². The smallest absolute Gasteiger partial charge is 0.312 e. The van der Waals surface area contributed by atoms with Crippen LogP contribution < -0.4 is 10.2 Å². The molecule has 0 bridgehead atoms. The number of benzene rings is 2. The number of phenolic OH excluding ortho intramolecular Hbond substituents is 1. The van der Waals surface area contributed by atoms with Gasteiger partial charge in [-0.25, -0.2) is 5.43 Å². The number of hydrazone groups is 1. The maximum absolute atomic E-state index is 11.9. The number of ether oxygens (including phenoxy) is 1. The van der Waals surface area contributed by atoms with E-state index in [9.17, 15) is 20.0 Å². The fourth-order valence-corrected chi connectivity index (χ4v) is 2.49. The van der Waals surface area contributed by atoms with Crippen LogP contribution in [0.15, 0.2) is 46.0 Å². The maximum atomic E-state index is 11.9. The Morgan fingerprint density at radius 1 is 1.44 bits per heavy atom. The number of aromatic hydroxyl groups is 1. The van der Waals surface area contributed by atoms with E-state index >= 15 is 0 Å². The number of nitro benzene ring substituents is 1. The van der Waals surface area contributed by atoms with Gasteiger partial charge in [-0.1, -0.05) is 28.1 Å². The minimum absolute atomic E-state index is 0.0825. The second-order valence-electron chi connectivity index (χ2n) is 4.94. The average molecular weight is 408 g/mol. The number of hydrogen-bond donors (Lipinski definition) is 2. The van der Waals surface area contributed by atoms with E-state index in [0.717, 1.165) is 11.8 Å². The number of methoxy groups -OCH3 is 1. The van der Waals surface area contributed by atoms with Crippen LogP contribution in [0.25, 0.3) is 0 Å². The molecule has 0 radical (unpaired) electrons. The van der Waals surface area contributed by atoms with Crippen LogP contribution in [0.3, 0.4) is 0 Å². The monoisotopic (exact) mass is 407 g/mol. The van der Waals surface area contributed by atoms with E-state index in [2.05, 4.69) is 26.5 Å². The first-order valence-electron chi connectivity index (χ1n) is 7.02. The summed E-state index contributed by atoms with van der Waals surface area (Å²) in [5.74, 6) is -0.271. The van der Waals surface area contributed by atoms with Crippen molar-refractivity contribution in [3.8, 4) is 11.5 Å². The zero-order chi connectivity index (χ0) is 18.4. The first-order valence-corrected chi connectivity index (χ1v) is 7.81. The van der Waals surface area contributed by atoms with Crippen LogP contribution in [0.2, 0.25) is 0 Å². The first kappa shape index (κ1) is 18.4. The molecule has 130 valence electrons. The van der Waals surface area contributed by atoms with Gasteiger partial charge in [0.1, 0.15) is 5.75 Å². The third kappa shape index (κ3) is 5.01. The molecule has 0 saturated heterocycles. The molecular weight excluding hydrogens is 394 g/mol. The molecule has 25 heavy (non-hydrogen) atoms. The SMILES string of the molecule is COc1cccc(CC(=O)N/N=C/c2cc(Br)cc([N+](=O)[O-])c2O)c1. The lowest BCUT2D eigenvalue weighted by Gasteiger charge is -2.04. The minimum atomic E-state index is -0.710. The van der Waals surface area contributed by atoms with Crippen molar-refractivity contribution in [3.05, 3.63) is 62.1 Å². The van der Waals surface area contributed by atoms with Crippen molar-refractivity contribution in [3.63, 3.8) is 0 Å². The van der Waals surface area contributed by atoms with Gasteiger partial charge in [0, 0.05) is 16.1 Å². The molecule has 2 N–H and O–H groups in total. The van der Waals surface area contributed by atoms with Crippen molar-refractivity contribution in [1.82, 2.24) is 5.43 Å². The fraction of sp³-hybridized carbons (Fsp3) is 0.125. The molecule has 2 rings (SSSR count). The highest BCUT2D eigenvalue weighted by atomic mass is 79.9. The fourth-order valence-electron chi connectivity index (χ4n) is 2.02. The van der Waals surface area contributed by atoms with Gasteiger partial charge >= 0.3 is 5.69 Å². The summed E-state index contributed by atoms with van der Waals surface area (Å²) >= 11 is 3.12. The van der Waals surface area contributed by atoms with Crippen molar-refractivity contribution in [1.29, 1.82) is 0 Å². The Labute approximate surface area is 151 Å². The molecule has 0 atom stereocenters. The maximum Gasteiger partial charge on any atom is 0.312 e. The number of nitro groups is 1. The Kier molecular flexibility index (Phi) is 6.07. The summed E-state index contributed by atoms with van der Waals surface area (Å²) in [5.41, 5.74) is 2.69. The predicted octanol–water partition coefficient (Wildman–Crippen LogP) is 2.76. The van der Waals surface area contributed by atoms with Crippen LogP contribution in [0, 0.1) is 10.1 Å². The Morgan fingerprint density at radius 3 is 2.88 bits per heavy atom. The number of halogens is 1. The highest BCUT2D eigenvalue weighted by Gasteiger charge is 2.17. The normalized spacial score (nSPS) is 10.6. The van der Waals surface area contributed by atoms with E-state index in [1.807, 2.05) is 0 Å². The highest BCUT2D eigenvalue weighted by Crippen LogP contribution is 2.32. The number of rotatable bonds is 6. The number of nitrogens with one attached hydrogen (secondary N) is 1. The van der Waals surface area contributed by atoms with Crippen LogP contribution in [0.5, 0.6) is 11.5 Å². The van der Waals surface area contributed by atoms with E-state index < -0.39 is 16.4 Å². The molecule has 2 aromatic rings. The molecule has 1 amide bonds. The molecular formula is C16H14BrN3O5. The van der Waals surface area contributed by atoms with Gasteiger partial charge in [-0.15, -0.1) is 0 Å². The Balaban J connectivity index is 2.05. The molecule has 0 unspecified atom stereocenters. The summed E-state index contributed by atoms with van der Waals surface area (Å²) in [6, 6.07) is 9.65. The Hall–Kier alpha value is -2.94. The average Bonchev–Trinajstić information content (AvgIpc) is 2.57. The minimum Gasteiger partial charge on any atom is -0.502 e. The molecule has 2 aromatic carbocycles. The van der Waals surface area contributed by atoms with E-state index in [-0.39, 0.29) is 17.9 Å². The second kappa shape index (κ2) is 8.25. The lowest BCUT2D eigenvalue weighted by molar-refractivity contribution is -0.385. The standard InChI is InChI=1S/C16H14BrN3O5/c1-25-13-4-2-3-10(5-13)6-15(21)19-18-9-11-7-12(17)8-14(16(11)22)20(23)24/h2-5,7-9,22H,6H2,1H3,(H,19,21)/b18-9+. The summed E-state index contributed by atoms with van der Waals surface area (Å²) < 4.78 is 5.49. The number of carbonyl (C=O) groups is 1. The molecule has 0 aliphatic rings. The molecule has 0 aliphatic heterocycles. The third-order valence-electron chi connectivity index (χ3n) is 3.17. The summed E-state index contributed by atoms with van der Waals surface area (Å²) in [6.45, 7) is 0. The van der Waals surface area contributed by atoms with Gasteiger partial charge < -0.3 is 9.84 Å². The predicted molar refractivity (Wildman–Crippen MR) is 94.9 cm³/mol. The largest absolute Gasteiger partial charge is 0.502 e. The zero-order valence-electron chi connectivity index (χ0n) is 13.1. The molecule has 0 spiro atoms. The molecule has 0 fully saturated rings. The molecule has 8 nitrogen and oxygen atoms in total. The van der Waals surface area contributed by atoms with Crippen molar-refractivity contribution in [2.45, 2.75) is 6.42 Å². The first-order chi connectivity index (χ1) is 11.9. The van der Waals surface area contributed by atoms with Crippen LogP contribution in [-0.4, -0.2) is 29.3 Å². The third-order valence-corrected chi connectivity index (χ3v) is 3.63. The van der Waals surface area contributed by atoms with Gasteiger partial charge in [-0.05, 0) is 23.8 Å². The Morgan fingerprint density at radius 2 is 2.20 bits per heavy atom. The van der Waals surface area contributed by atoms with Crippen molar-refractivity contribution in [2.24, 2.45) is 5.10 Å². The summed E-state index contributed by atoms with van der Waals surface area (Å²) in [4.78, 5) is 22.0. The molecule has 0 heterocycles. The molecule has 0 aliphatic carbocycles. The number of phenols is 1. The highest BCUT2D eigenvalue weighted by molar-refractivity contribution is 9.10. The lowest BCUT2D eigenvalue weighted by atomic mass is 10.1. The van der Waals surface area contributed by atoms with Gasteiger partial charge in [0.15, 0.2) is 0 Å². The zero-order valence-corrected chi connectivity index (χ0v) is 14.7. The quantitative estimate of drug-likeness (QED) is 0.434. The summed E-state index contributed by atoms with van der Waals surface area (Å²) in [5, 5.41) is 24.4. The van der Waals surface area contributed by atoms with Gasteiger partial charge in [0.2, 0.25) is 11.7 Å². The van der Waals surface area contributed by atoms with Gasteiger partial charge in [-0.2, -0.15) is 5.10 Å². The number of amides is 1. The van der Waals surface area contributed by atoms with E-state index in [4.69, 9.17) is 4.74 Å². The second-order valence-corrected chi connectivity index (χ2v) is 5.86. The molecule has 0 aromatic heterocycles. The Bertz CT molecular complexity index is 839. The molecule has 0 saturated carbocycles. The summed E-state index contributed by atoms with van der Waals surface area (Å²) in [7, 11) is 1.53. The lowest BCUT2D eigenvalue weighted by Crippen LogP contribution is -2.19. The van der Waals surface area contributed by atoms with Crippen molar-refractivity contribution in [2.75, 3.05) is 7.11 Å². The van der Waals surface area contributed by atoms with Crippen LogP contribution >= 0.6 is 15.9 Å².